The zero-order valence-corrected chi connectivity index (χ0v) is 83.6. The molecule has 0 fully saturated rings. The number of ether oxygens (including phenoxy) is 8. The van der Waals surface area contributed by atoms with Gasteiger partial charge in [-0.1, -0.05) is 479 Å². The molecule has 10 aromatic carbocycles. The quantitative estimate of drug-likeness (QED) is 0.0276. The average molecular weight is 1770 g/mol. The summed E-state index contributed by atoms with van der Waals surface area (Å²) in [5.41, 5.74) is 0. The first-order valence-corrected chi connectivity index (χ1v) is 54.4. The minimum atomic E-state index is 0.570. The second kappa shape index (κ2) is 63.4. The lowest BCUT2D eigenvalue weighted by atomic mass is 9.93. The number of fused-ring (bicyclic) bond motifs is 12. The number of methoxy groups -OCH3 is 2. The molecule has 714 valence electrons. The van der Waals surface area contributed by atoms with Crippen molar-refractivity contribution in [2.24, 2.45) is 0 Å². The standard InChI is InChI=1S/C122H178O8/c1-9-15-21-27-33-39-45-51-57-65-85-125-114-94-109-100-81-82-101-92-108-98(74-72-78-105(108)117-110(101)95-115(126-86-66-58-52-46-40-34-28-22-16-10-2)120(128-88-68-60-54-48-42-36-30-24-18-12-4)122(117)130-90-70-62-56-50-44-38-32-26-20-14-6)83-84-106-111-93-99(102-75-63-64-76-103(102)112(111)96-113(123-7)118(106)124-8)80-79-97-73-71-77-104(107(97)91-100)116(109)121(129-89-69-61-55-49-43-37-31-25-19-13-5)119(114)127-87-67-59-53-47-41-35-29-23-17-11-3/h63-64,71-84,91-96H,9-62,65-70,85-90H2,1-8H3. The molecule has 6 bridgehead atoms. The van der Waals surface area contributed by atoms with E-state index in [9.17, 15) is 0 Å². The van der Waals surface area contributed by atoms with E-state index in [1.807, 2.05) is 0 Å². The fourth-order valence-corrected chi connectivity index (χ4v) is 20.0. The Labute approximate surface area is 790 Å². The summed E-state index contributed by atoms with van der Waals surface area (Å²) in [5, 5.41) is 19.6. The number of hydrogen-bond donors (Lipinski definition) is 0. The van der Waals surface area contributed by atoms with Gasteiger partial charge in [0, 0.05) is 16.2 Å². The van der Waals surface area contributed by atoms with Gasteiger partial charge in [0.1, 0.15) is 0 Å². The van der Waals surface area contributed by atoms with E-state index in [-0.39, 0.29) is 0 Å². The largest absolute Gasteiger partial charge is 0.493 e. The molecule has 0 saturated heterocycles. The molecule has 0 radical (unpaired) electrons. The minimum absolute atomic E-state index is 0.570. The van der Waals surface area contributed by atoms with Crippen molar-refractivity contribution in [1.82, 2.24) is 0 Å². The van der Waals surface area contributed by atoms with E-state index in [0.29, 0.717) is 51.1 Å². The van der Waals surface area contributed by atoms with E-state index >= 15 is 0 Å². The van der Waals surface area contributed by atoms with Gasteiger partial charge >= 0.3 is 0 Å². The molecule has 0 N–H and O–H groups in total. The molecular formula is C122H178O8. The highest BCUT2D eigenvalue weighted by Gasteiger charge is 2.26. The van der Waals surface area contributed by atoms with Crippen LogP contribution in [0.4, 0.5) is 0 Å². The Balaban J connectivity index is 1.23. The second-order valence-corrected chi connectivity index (χ2v) is 38.5. The van der Waals surface area contributed by atoms with Gasteiger partial charge in [0.05, 0.1) is 53.9 Å². The molecule has 8 nitrogen and oxygen atoms in total. The van der Waals surface area contributed by atoms with Crippen molar-refractivity contribution < 1.29 is 37.9 Å². The summed E-state index contributed by atoms with van der Waals surface area (Å²) < 4.78 is 57.7. The summed E-state index contributed by atoms with van der Waals surface area (Å²) >= 11 is 0. The fourth-order valence-electron chi connectivity index (χ4n) is 20.0. The monoisotopic (exact) mass is 1770 g/mol. The molecule has 0 spiro atoms. The van der Waals surface area contributed by atoms with E-state index in [4.69, 9.17) is 37.9 Å². The highest BCUT2D eigenvalue weighted by atomic mass is 16.6. The lowest BCUT2D eigenvalue weighted by Gasteiger charge is -2.21. The average Bonchev–Trinajstić information content (AvgIpc) is 0.738. The first-order valence-electron chi connectivity index (χ1n) is 54.4. The Hall–Kier alpha value is -7.84. The fraction of sp³-hybridized carbons (Fsp3) is 0.607. The van der Waals surface area contributed by atoms with Crippen LogP contribution in [0.3, 0.4) is 0 Å². The normalized spacial score (nSPS) is 11.7. The summed E-state index contributed by atoms with van der Waals surface area (Å²) in [4.78, 5) is 0. The predicted octanol–water partition coefficient (Wildman–Crippen LogP) is 39.6. The summed E-state index contributed by atoms with van der Waals surface area (Å²) in [6, 6.07) is 50.9. The maximum atomic E-state index is 7.64. The van der Waals surface area contributed by atoms with E-state index in [1.165, 1.54) is 308 Å². The number of rotatable bonds is 74. The lowest BCUT2D eigenvalue weighted by molar-refractivity contribution is 0.236. The molecule has 10 aromatic rings. The topological polar surface area (TPSA) is 73.8 Å². The molecule has 0 atom stereocenters. The van der Waals surface area contributed by atoms with Crippen LogP contribution >= 0.6 is 0 Å². The Morgan fingerprint density at radius 3 is 0.715 bits per heavy atom. The number of unbranched alkanes of at least 4 members (excludes halogenated alkanes) is 54. The molecule has 0 saturated carbocycles. The molecule has 0 unspecified atom stereocenters. The third kappa shape index (κ3) is 34.0. The Bertz CT molecular complexity index is 4940. The Kier molecular flexibility index (Phi) is 50.8. The van der Waals surface area contributed by atoms with Crippen LogP contribution in [0, 0.1) is 0 Å². The van der Waals surface area contributed by atoms with Gasteiger partial charge in [-0.15, -0.1) is 0 Å². The first kappa shape index (κ1) is 104. The van der Waals surface area contributed by atoms with Gasteiger partial charge in [-0.3, -0.25) is 0 Å². The molecule has 130 heavy (non-hydrogen) atoms. The van der Waals surface area contributed by atoms with Gasteiger partial charge in [-0.05, 0) is 162 Å². The highest BCUT2D eigenvalue weighted by molar-refractivity contribution is 6.25. The van der Waals surface area contributed by atoms with Crippen molar-refractivity contribution in [3.63, 3.8) is 0 Å². The maximum Gasteiger partial charge on any atom is 0.204 e. The predicted molar refractivity (Wildman–Crippen MR) is 568 cm³/mol. The van der Waals surface area contributed by atoms with Crippen LogP contribution in [-0.4, -0.2) is 53.9 Å². The van der Waals surface area contributed by atoms with Crippen molar-refractivity contribution in [1.29, 1.82) is 0 Å². The molecule has 0 aliphatic rings. The van der Waals surface area contributed by atoms with Crippen molar-refractivity contribution in [3.8, 4) is 46.0 Å². The Morgan fingerprint density at radius 2 is 0.400 bits per heavy atom. The summed E-state index contributed by atoms with van der Waals surface area (Å²) in [6.07, 6.45) is 75.2. The van der Waals surface area contributed by atoms with E-state index in [1.54, 1.807) is 14.2 Å². The molecule has 8 heteroatoms. The van der Waals surface area contributed by atoms with Gasteiger partial charge in [0.25, 0.3) is 0 Å². The number of hydrogen-bond acceptors (Lipinski definition) is 8. The third-order valence-corrected chi connectivity index (χ3v) is 27.8. The van der Waals surface area contributed by atoms with Crippen LogP contribution < -0.4 is 37.9 Å². The van der Waals surface area contributed by atoms with E-state index < -0.39 is 0 Å². The summed E-state index contributed by atoms with van der Waals surface area (Å²) in [5.74, 6) is 5.98. The highest BCUT2D eigenvalue weighted by Crippen LogP contribution is 2.52. The van der Waals surface area contributed by atoms with Crippen LogP contribution in [0.1, 0.15) is 427 Å². The smallest absolute Gasteiger partial charge is 0.204 e. The zero-order chi connectivity index (χ0) is 90.9. The van der Waals surface area contributed by atoms with Gasteiger partial charge in [0.15, 0.2) is 34.5 Å². The first-order chi connectivity index (χ1) is 64.4. The lowest BCUT2D eigenvalue weighted by Crippen LogP contribution is -2.07. The van der Waals surface area contributed by atoms with Crippen LogP contribution in [0.15, 0.2) is 133 Å². The minimum Gasteiger partial charge on any atom is -0.493 e. The van der Waals surface area contributed by atoms with Gasteiger partial charge in [-0.2, -0.15) is 0 Å². The van der Waals surface area contributed by atoms with Crippen molar-refractivity contribution in [2.75, 3.05) is 53.9 Å². The molecule has 0 amide bonds. The van der Waals surface area contributed by atoms with E-state index in [0.717, 1.165) is 208 Å². The van der Waals surface area contributed by atoms with Crippen molar-refractivity contribution in [3.05, 3.63) is 133 Å². The van der Waals surface area contributed by atoms with E-state index in [2.05, 4.69) is 175 Å². The number of benzene rings is 9. The van der Waals surface area contributed by atoms with Crippen LogP contribution in [0.2, 0.25) is 0 Å². The summed E-state index contributed by atoms with van der Waals surface area (Å²) in [7, 11) is 3.54. The molecule has 0 aliphatic heterocycles. The van der Waals surface area contributed by atoms with Crippen LogP contribution in [0.5, 0.6) is 46.0 Å². The SMILES string of the molecule is CCCCCCCCCCCCOc1cc2c3ccc4cc5c(cccc5c5c(OCCCCCCCCCCCC)c(OCCCCCCCCCCCC)c(OCCCCCCCCCCCC)cc45)ccc4c(OC)c(OC)cc5c4cc(ccc4cccc(c4c3)c2c(OCCCCCCCCCCCC)c1OCCCCCCCCCCCC)c1ccccc15. The molecule has 0 heterocycles. The van der Waals surface area contributed by atoms with Gasteiger partial charge in [0.2, 0.25) is 11.5 Å². The van der Waals surface area contributed by atoms with Crippen molar-refractivity contribution >= 4 is 97.0 Å². The second-order valence-electron chi connectivity index (χ2n) is 38.5. The summed E-state index contributed by atoms with van der Waals surface area (Å²) in [6.45, 7) is 17.4. The van der Waals surface area contributed by atoms with Crippen LogP contribution in [0.25, 0.3) is 97.0 Å². The molecule has 0 aliphatic carbocycles. The van der Waals surface area contributed by atoms with Gasteiger partial charge in [-0.25, -0.2) is 0 Å². The molecule has 10 rings (SSSR count). The maximum absolute atomic E-state index is 7.64. The zero-order valence-electron chi connectivity index (χ0n) is 83.6. The molecular weight excluding hydrogens is 1590 g/mol. The third-order valence-electron chi connectivity index (χ3n) is 27.8. The van der Waals surface area contributed by atoms with Crippen LogP contribution in [-0.2, 0) is 0 Å². The van der Waals surface area contributed by atoms with Gasteiger partial charge < -0.3 is 37.9 Å². The Morgan fingerprint density at radius 1 is 0.154 bits per heavy atom. The molecule has 0 aromatic heterocycles. The van der Waals surface area contributed by atoms with Crippen molar-refractivity contribution in [2.45, 2.75) is 427 Å².